The first-order chi connectivity index (χ1) is 21.8. The molecule has 6 atom stereocenters. The minimum absolute atomic E-state index is 0.0622. The number of piperidine rings is 1. The first-order valence-electron chi connectivity index (χ1n) is 17.1. The van der Waals surface area contributed by atoms with E-state index in [-0.39, 0.29) is 46.6 Å². The Morgan fingerprint density at radius 1 is 1.00 bits per heavy atom. The van der Waals surface area contributed by atoms with Crippen molar-refractivity contribution in [2.24, 2.45) is 34.5 Å². The second-order valence-corrected chi connectivity index (χ2v) is 18.5. The zero-order valence-corrected chi connectivity index (χ0v) is 29.9. The van der Waals surface area contributed by atoms with Crippen LogP contribution < -0.4 is 21.3 Å². The quantitative estimate of drug-likeness (QED) is 0.152. The fraction of sp³-hybridized carbons (Fsp3) is 0.794. The number of ketones is 1. The standard InChI is InChI=1S/C34H55N5O7S/c1-9-15-35-30(42)27(40)23(16-20-13-14-20)36-29(41)26-25-22(34(25,7)8)17-39(26)31(43)28(33(4,5)6)38-32(44)37-24(19(2)3)18-47(45,46)21-11-10-12-21/h9,19-26,28H,1,10-18H2,2-8H3,(H,35,42)(H,36,41)(H2,37,38,44)/t22-,23?,24+,25-,26-,28+/m0/s1. The molecule has 5 amide bonds. The van der Waals surface area contributed by atoms with E-state index < -0.39 is 69.0 Å². The normalized spacial score (nSPS) is 25.4. The summed E-state index contributed by atoms with van der Waals surface area (Å²) in [6, 6.07) is -4.20. The molecule has 1 heterocycles. The van der Waals surface area contributed by atoms with Crippen LogP contribution in [0.1, 0.15) is 87.0 Å². The molecule has 47 heavy (non-hydrogen) atoms. The van der Waals surface area contributed by atoms with Crippen LogP contribution in [0.25, 0.3) is 0 Å². The van der Waals surface area contributed by atoms with E-state index in [4.69, 9.17) is 0 Å². The fourth-order valence-electron chi connectivity index (χ4n) is 7.07. The van der Waals surface area contributed by atoms with E-state index in [1.807, 2.05) is 34.6 Å². The average Bonchev–Trinajstić information content (AvgIpc) is 3.78. The zero-order chi connectivity index (χ0) is 35.1. The lowest BCUT2D eigenvalue weighted by molar-refractivity contribution is -0.145. The van der Waals surface area contributed by atoms with Crippen LogP contribution in [0.2, 0.25) is 0 Å². The predicted molar refractivity (Wildman–Crippen MR) is 179 cm³/mol. The van der Waals surface area contributed by atoms with E-state index in [2.05, 4.69) is 41.7 Å². The van der Waals surface area contributed by atoms with Gasteiger partial charge in [-0.2, -0.15) is 0 Å². The van der Waals surface area contributed by atoms with Gasteiger partial charge in [-0.05, 0) is 53.8 Å². The number of rotatable bonds is 15. The van der Waals surface area contributed by atoms with Crippen LogP contribution in [0, 0.1) is 34.5 Å². The van der Waals surface area contributed by atoms with Crippen molar-refractivity contribution in [2.75, 3.05) is 18.8 Å². The lowest BCUT2D eigenvalue weighted by Crippen LogP contribution is -2.62. The number of urea groups is 1. The van der Waals surface area contributed by atoms with E-state index in [1.165, 1.54) is 11.0 Å². The van der Waals surface area contributed by atoms with Crippen molar-refractivity contribution in [1.29, 1.82) is 0 Å². The molecule has 3 saturated carbocycles. The summed E-state index contributed by atoms with van der Waals surface area (Å²) in [6.45, 7) is 17.3. The lowest BCUT2D eigenvalue weighted by Gasteiger charge is -2.38. The molecule has 13 heteroatoms. The second-order valence-electron chi connectivity index (χ2n) is 16.1. The van der Waals surface area contributed by atoms with E-state index in [0.29, 0.717) is 25.8 Å². The summed E-state index contributed by atoms with van der Waals surface area (Å²) in [5.41, 5.74) is -0.953. The Bertz CT molecular complexity index is 1360. The van der Waals surface area contributed by atoms with Gasteiger partial charge in [-0.15, -0.1) is 6.58 Å². The second kappa shape index (κ2) is 13.9. The van der Waals surface area contributed by atoms with Gasteiger partial charge in [-0.3, -0.25) is 19.2 Å². The van der Waals surface area contributed by atoms with E-state index in [0.717, 1.165) is 19.3 Å². The van der Waals surface area contributed by atoms with Gasteiger partial charge < -0.3 is 26.2 Å². The number of nitrogens with one attached hydrogen (secondary N) is 4. The van der Waals surface area contributed by atoms with Gasteiger partial charge in [0.1, 0.15) is 12.1 Å². The van der Waals surface area contributed by atoms with Crippen LogP contribution >= 0.6 is 0 Å². The molecule has 1 saturated heterocycles. The Morgan fingerprint density at radius 2 is 1.64 bits per heavy atom. The number of hydrogen-bond donors (Lipinski definition) is 4. The molecule has 0 spiro atoms. The minimum Gasteiger partial charge on any atom is -0.346 e. The fourth-order valence-corrected chi connectivity index (χ4v) is 9.36. The lowest BCUT2D eigenvalue weighted by atomic mass is 9.85. The van der Waals surface area contributed by atoms with E-state index in [1.54, 1.807) is 0 Å². The number of carbonyl (C=O) groups is 5. The van der Waals surface area contributed by atoms with Crippen molar-refractivity contribution >= 4 is 39.4 Å². The van der Waals surface area contributed by atoms with Gasteiger partial charge >= 0.3 is 6.03 Å². The molecule has 12 nitrogen and oxygen atoms in total. The van der Waals surface area contributed by atoms with Gasteiger partial charge in [0.05, 0.1) is 17.0 Å². The third-order valence-electron chi connectivity index (χ3n) is 10.8. The van der Waals surface area contributed by atoms with Gasteiger partial charge in [0, 0.05) is 19.1 Å². The Kier molecular flexibility index (Phi) is 10.9. The molecule has 1 aliphatic heterocycles. The number of Topliss-reactive ketones (excluding diaryl/α,β-unsaturated/α-hetero) is 1. The monoisotopic (exact) mass is 677 g/mol. The van der Waals surface area contributed by atoms with E-state index in [9.17, 15) is 32.4 Å². The summed E-state index contributed by atoms with van der Waals surface area (Å²) in [4.78, 5) is 68.9. The molecule has 0 aromatic heterocycles. The van der Waals surface area contributed by atoms with Gasteiger partial charge in [0.25, 0.3) is 5.91 Å². The highest BCUT2D eigenvalue weighted by molar-refractivity contribution is 7.92. The molecular formula is C34H55N5O7S. The van der Waals surface area contributed by atoms with Crippen LogP contribution in [0.4, 0.5) is 4.79 Å². The molecule has 0 aromatic carbocycles. The molecule has 4 rings (SSSR count). The molecule has 0 aromatic rings. The van der Waals surface area contributed by atoms with Crippen LogP contribution in [0.15, 0.2) is 12.7 Å². The van der Waals surface area contributed by atoms with Gasteiger partial charge in [0.2, 0.25) is 17.6 Å². The minimum atomic E-state index is -3.37. The maximum atomic E-state index is 14.3. The molecule has 264 valence electrons. The third-order valence-corrected chi connectivity index (χ3v) is 13.1. The molecule has 3 aliphatic carbocycles. The van der Waals surface area contributed by atoms with Crippen LogP contribution in [-0.4, -0.2) is 91.1 Å². The molecule has 0 radical (unpaired) electrons. The summed E-state index contributed by atoms with van der Waals surface area (Å²) >= 11 is 0. The van der Waals surface area contributed by atoms with Crippen molar-refractivity contribution in [1.82, 2.24) is 26.2 Å². The smallest absolute Gasteiger partial charge is 0.315 e. The third kappa shape index (κ3) is 8.37. The van der Waals surface area contributed by atoms with Gasteiger partial charge in [-0.25, -0.2) is 13.2 Å². The average molecular weight is 678 g/mol. The summed E-state index contributed by atoms with van der Waals surface area (Å²) in [7, 11) is -3.37. The summed E-state index contributed by atoms with van der Waals surface area (Å²) in [5, 5.41) is 10.6. The van der Waals surface area contributed by atoms with Gasteiger partial charge in [0.15, 0.2) is 9.84 Å². The number of carbonyl (C=O) groups excluding carboxylic acids is 5. The largest absolute Gasteiger partial charge is 0.346 e. The van der Waals surface area contributed by atoms with E-state index >= 15 is 0 Å². The number of nitrogens with zero attached hydrogens (tertiary/aromatic N) is 1. The number of hydrogen-bond acceptors (Lipinski definition) is 7. The number of likely N-dealkylation sites (tertiary alicyclic amines) is 1. The molecule has 4 fully saturated rings. The van der Waals surface area contributed by atoms with Crippen molar-refractivity contribution < 1.29 is 32.4 Å². The Labute approximate surface area is 279 Å². The number of sulfone groups is 1. The number of amides is 5. The molecule has 4 N–H and O–H groups in total. The summed E-state index contributed by atoms with van der Waals surface area (Å²) < 4.78 is 25.8. The van der Waals surface area contributed by atoms with Gasteiger partial charge in [-0.1, -0.05) is 73.8 Å². The Balaban J connectivity index is 1.50. The topological polar surface area (TPSA) is 171 Å². The SMILES string of the molecule is C=CCNC(=O)C(=O)C(CC1CC1)NC(=O)[C@@H]1[C@@H]2[C@H](CN1C(=O)[C@@H](NC(=O)N[C@H](CS(=O)(=O)C1CCC1)C(C)C)C(C)(C)C)C2(C)C. The Morgan fingerprint density at radius 3 is 2.15 bits per heavy atom. The molecular weight excluding hydrogens is 622 g/mol. The highest BCUT2D eigenvalue weighted by Gasteiger charge is 2.70. The van der Waals surface area contributed by atoms with Crippen molar-refractivity contribution in [3.63, 3.8) is 0 Å². The summed E-state index contributed by atoms with van der Waals surface area (Å²) in [6.07, 6.45) is 5.83. The first-order valence-corrected chi connectivity index (χ1v) is 18.8. The highest BCUT2D eigenvalue weighted by Crippen LogP contribution is 2.65. The maximum Gasteiger partial charge on any atom is 0.315 e. The van der Waals surface area contributed by atoms with Crippen LogP contribution in [-0.2, 0) is 29.0 Å². The molecule has 1 unspecified atom stereocenters. The van der Waals surface area contributed by atoms with Crippen molar-refractivity contribution in [3.8, 4) is 0 Å². The molecule has 4 aliphatic rings. The number of fused-ring (bicyclic) bond motifs is 1. The summed E-state index contributed by atoms with van der Waals surface area (Å²) in [5.74, 6) is -2.59. The van der Waals surface area contributed by atoms with Crippen molar-refractivity contribution in [2.45, 2.75) is 116 Å². The van der Waals surface area contributed by atoms with Crippen molar-refractivity contribution in [3.05, 3.63) is 12.7 Å². The zero-order valence-electron chi connectivity index (χ0n) is 29.1. The van der Waals surface area contributed by atoms with Crippen LogP contribution in [0.5, 0.6) is 0 Å². The maximum absolute atomic E-state index is 14.3. The predicted octanol–water partition coefficient (Wildman–Crippen LogP) is 2.33. The van der Waals surface area contributed by atoms with Crippen LogP contribution in [0.3, 0.4) is 0 Å². The first kappa shape index (κ1) is 36.9. The molecule has 0 bridgehead atoms. The highest BCUT2D eigenvalue weighted by atomic mass is 32.2. The Hall–Kier alpha value is -2.96.